The lowest BCUT2D eigenvalue weighted by Crippen LogP contribution is -2.55. The van der Waals surface area contributed by atoms with Gasteiger partial charge in [-0.05, 0) is 45.9 Å². The lowest BCUT2D eigenvalue weighted by atomic mass is 9.95. The van der Waals surface area contributed by atoms with E-state index in [-0.39, 0.29) is 5.54 Å². The van der Waals surface area contributed by atoms with Crippen molar-refractivity contribution in [3.63, 3.8) is 0 Å². The van der Waals surface area contributed by atoms with Crippen molar-refractivity contribution in [2.75, 3.05) is 16.8 Å². The van der Waals surface area contributed by atoms with Crippen molar-refractivity contribution in [1.29, 1.82) is 0 Å². The Morgan fingerprint density at radius 2 is 2.06 bits per heavy atom. The minimum atomic E-state index is 0.117. The average Bonchev–Trinajstić information content (AvgIpc) is 2.15. The van der Waals surface area contributed by atoms with Gasteiger partial charge >= 0.3 is 0 Å². The normalized spacial score (nSPS) is 18.2. The fourth-order valence-electron chi connectivity index (χ4n) is 2.55. The molecule has 1 aliphatic heterocycles. The van der Waals surface area contributed by atoms with E-state index in [4.69, 9.17) is 11.6 Å². The van der Waals surface area contributed by atoms with Crippen molar-refractivity contribution in [3.05, 3.63) is 23.2 Å². The number of hydrogen-bond acceptors (Lipinski definition) is 2. The van der Waals surface area contributed by atoms with Gasteiger partial charge in [0.2, 0.25) is 0 Å². The van der Waals surface area contributed by atoms with Gasteiger partial charge in [-0.3, -0.25) is 0 Å². The molecule has 0 saturated carbocycles. The summed E-state index contributed by atoms with van der Waals surface area (Å²) in [6.45, 7) is 9.91. The third-order valence-electron chi connectivity index (χ3n) is 3.10. The van der Waals surface area contributed by atoms with Crippen molar-refractivity contribution in [2.24, 2.45) is 0 Å². The van der Waals surface area contributed by atoms with E-state index in [0.29, 0.717) is 6.04 Å². The highest BCUT2D eigenvalue weighted by Gasteiger charge is 2.34. The maximum Gasteiger partial charge on any atom is 0.0624 e. The fourth-order valence-corrected chi connectivity index (χ4v) is 2.72. The molecule has 88 valence electrons. The fraction of sp³-hybridized carbons (Fsp3) is 0.538. The summed E-state index contributed by atoms with van der Waals surface area (Å²) in [7, 11) is 0. The molecule has 1 N–H and O–H groups in total. The van der Waals surface area contributed by atoms with Gasteiger partial charge in [-0.15, -0.1) is 0 Å². The van der Waals surface area contributed by atoms with Crippen LogP contribution in [0.15, 0.2) is 18.2 Å². The highest BCUT2D eigenvalue weighted by atomic mass is 35.5. The Morgan fingerprint density at radius 1 is 1.38 bits per heavy atom. The van der Waals surface area contributed by atoms with E-state index in [1.165, 1.54) is 11.4 Å². The number of nitrogens with one attached hydrogen (secondary N) is 1. The van der Waals surface area contributed by atoms with Crippen LogP contribution in [0.2, 0.25) is 5.02 Å². The van der Waals surface area contributed by atoms with Crippen LogP contribution in [0.4, 0.5) is 11.4 Å². The molecule has 0 aromatic heterocycles. The van der Waals surface area contributed by atoms with Crippen molar-refractivity contribution < 1.29 is 0 Å². The van der Waals surface area contributed by atoms with E-state index in [1.807, 2.05) is 12.1 Å². The molecule has 2 nitrogen and oxygen atoms in total. The predicted molar refractivity (Wildman–Crippen MR) is 71.6 cm³/mol. The van der Waals surface area contributed by atoms with Gasteiger partial charge in [-0.2, -0.15) is 0 Å². The Labute approximate surface area is 103 Å². The van der Waals surface area contributed by atoms with Gasteiger partial charge < -0.3 is 10.2 Å². The summed E-state index contributed by atoms with van der Waals surface area (Å²) in [5, 5.41) is 4.26. The molecule has 1 aromatic rings. The van der Waals surface area contributed by atoms with Crippen LogP contribution in [-0.4, -0.2) is 18.1 Å². The van der Waals surface area contributed by atoms with Crippen LogP contribution >= 0.6 is 11.6 Å². The summed E-state index contributed by atoms with van der Waals surface area (Å²) in [6.07, 6.45) is 0. The molecule has 0 saturated heterocycles. The molecular weight excluding hydrogens is 220 g/mol. The van der Waals surface area contributed by atoms with Gasteiger partial charge in [-0.25, -0.2) is 0 Å². The summed E-state index contributed by atoms with van der Waals surface area (Å²) >= 11 is 6.09. The van der Waals surface area contributed by atoms with E-state index in [0.717, 1.165) is 11.6 Å². The van der Waals surface area contributed by atoms with E-state index < -0.39 is 0 Å². The van der Waals surface area contributed by atoms with Crippen molar-refractivity contribution in [2.45, 2.75) is 39.3 Å². The molecular formula is C13H19ClN2. The molecule has 3 heteroatoms. The predicted octanol–water partition coefficient (Wildman–Crippen LogP) is 3.76. The Hall–Kier alpha value is -0.890. The quantitative estimate of drug-likeness (QED) is 0.802. The standard InChI is InChI=1S/C13H19ClN2/c1-9(2)16-12-7-10(14)5-6-11(12)15-8-13(16,3)4/h5-7,9,15H,8H2,1-4H3. The molecule has 0 aliphatic carbocycles. The zero-order chi connectivity index (χ0) is 11.9. The lowest BCUT2D eigenvalue weighted by molar-refractivity contribution is 0.439. The topological polar surface area (TPSA) is 15.3 Å². The molecule has 0 spiro atoms. The Balaban J connectivity index is 2.52. The number of nitrogens with zero attached hydrogens (tertiary/aromatic N) is 1. The monoisotopic (exact) mass is 238 g/mol. The summed E-state index contributed by atoms with van der Waals surface area (Å²) in [6, 6.07) is 6.51. The Bertz CT molecular complexity index is 399. The van der Waals surface area contributed by atoms with Crippen LogP contribution in [0.1, 0.15) is 27.7 Å². The summed E-state index contributed by atoms with van der Waals surface area (Å²) < 4.78 is 0. The molecule has 1 heterocycles. The third-order valence-corrected chi connectivity index (χ3v) is 3.33. The van der Waals surface area contributed by atoms with Gasteiger partial charge in [0.15, 0.2) is 0 Å². The zero-order valence-corrected chi connectivity index (χ0v) is 11.1. The second kappa shape index (κ2) is 3.85. The SMILES string of the molecule is CC(C)N1c2cc(Cl)ccc2NCC1(C)C. The summed E-state index contributed by atoms with van der Waals surface area (Å²) in [5.74, 6) is 0. The largest absolute Gasteiger partial charge is 0.381 e. The van der Waals surface area contributed by atoms with Crippen molar-refractivity contribution >= 4 is 23.0 Å². The first kappa shape index (κ1) is 11.6. The van der Waals surface area contributed by atoms with Crippen LogP contribution in [0, 0.1) is 0 Å². The minimum Gasteiger partial charge on any atom is -0.381 e. The van der Waals surface area contributed by atoms with Crippen LogP contribution in [0.5, 0.6) is 0 Å². The Morgan fingerprint density at radius 3 is 2.69 bits per heavy atom. The molecule has 2 rings (SSSR count). The second-order valence-electron chi connectivity index (χ2n) is 5.29. The molecule has 0 amide bonds. The van der Waals surface area contributed by atoms with Gasteiger partial charge in [0, 0.05) is 17.6 Å². The lowest BCUT2D eigenvalue weighted by Gasteiger charge is -2.48. The first-order valence-electron chi connectivity index (χ1n) is 5.74. The molecule has 1 aliphatic rings. The number of hydrogen-bond donors (Lipinski definition) is 1. The molecule has 0 unspecified atom stereocenters. The minimum absolute atomic E-state index is 0.117. The van der Waals surface area contributed by atoms with E-state index in [9.17, 15) is 0 Å². The van der Waals surface area contributed by atoms with Crippen molar-refractivity contribution in [1.82, 2.24) is 0 Å². The molecule has 1 aromatic carbocycles. The van der Waals surface area contributed by atoms with Crippen LogP contribution < -0.4 is 10.2 Å². The average molecular weight is 239 g/mol. The molecule has 16 heavy (non-hydrogen) atoms. The summed E-state index contributed by atoms with van der Waals surface area (Å²) in [4.78, 5) is 2.44. The first-order valence-corrected chi connectivity index (χ1v) is 6.12. The number of anilines is 2. The van der Waals surface area contributed by atoms with Crippen molar-refractivity contribution in [3.8, 4) is 0 Å². The van der Waals surface area contributed by atoms with Crippen LogP contribution in [0.25, 0.3) is 0 Å². The highest BCUT2D eigenvalue weighted by molar-refractivity contribution is 6.31. The number of rotatable bonds is 1. The number of benzene rings is 1. The van der Waals surface area contributed by atoms with E-state index >= 15 is 0 Å². The summed E-state index contributed by atoms with van der Waals surface area (Å²) in [5.41, 5.74) is 2.50. The highest BCUT2D eigenvalue weighted by Crippen LogP contribution is 2.38. The maximum atomic E-state index is 6.09. The zero-order valence-electron chi connectivity index (χ0n) is 10.3. The maximum absolute atomic E-state index is 6.09. The van der Waals surface area contributed by atoms with E-state index in [1.54, 1.807) is 0 Å². The van der Waals surface area contributed by atoms with E-state index in [2.05, 4.69) is 44.0 Å². The van der Waals surface area contributed by atoms with Gasteiger partial charge in [0.05, 0.1) is 16.9 Å². The Kier molecular flexibility index (Phi) is 2.79. The number of fused-ring (bicyclic) bond motifs is 1. The van der Waals surface area contributed by atoms with Gasteiger partial charge in [0.25, 0.3) is 0 Å². The molecule has 0 radical (unpaired) electrons. The first-order chi connectivity index (χ1) is 7.42. The number of halogens is 1. The molecule has 0 fully saturated rings. The van der Waals surface area contributed by atoms with Crippen LogP contribution in [0.3, 0.4) is 0 Å². The smallest absolute Gasteiger partial charge is 0.0624 e. The van der Waals surface area contributed by atoms with Gasteiger partial charge in [0.1, 0.15) is 0 Å². The molecule has 0 bridgehead atoms. The van der Waals surface area contributed by atoms with Crippen LogP contribution in [-0.2, 0) is 0 Å². The third kappa shape index (κ3) is 1.86. The van der Waals surface area contributed by atoms with Gasteiger partial charge in [-0.1, -0.05) is 11.6 Å². The second-order valence-corrected chi connectivity index (χ2v) is 5.73. The molecule has 0 atom stereocenters.